The summed E-state index contributed by atoms with van der Waals surface area (Å²) in [5, 5.41) is 4.75. The first kappa shape index (κ1) is 14.8. The fraction of sp³-hybridized carbons (Fsp3) is 0.800. The number of rotatable bonds is 5. The van der Waals surface area contributed by atoms with E-state index in [9.17, 15) is 0 Å². The van der Waals surface area contributed by atoms with Crippen molar-refractivity contribution in [2.75, 3.05) is 18.5 Å². The Balaban J connectivity index is 2.26. The summed E-state index contributed by atoms with van der Waals surface area (Å²) in [5.41, 5.74) is 1.49. The maximum Gasteiger partial charge on any atom is 0.186 e. The van der Waals surface area contributed by atoms with Gasteiger partial charge in [0.15, 0.2) is 5.13 Å². The van der Waals surface area contributed by atoms with Gasteiger partial charge in [0.25, 0.3) is 0 Å². The van der Waals surface area contributed by atoms with Gasteiger partial charge in [-0.05, 0) is 46.1 Å². The van der Waals surface area contributed by atoms with E-state index in [4.69, 9.17) is 4.98 Å². The average molecular weight is 281 g/mol. The summed E-state index contributed by atoms with van der Waals surface area (Å²) in [6.45, 7) is 10.0. The van der Waals surface area contributed by atoms with E-state index < -0.39 is 0 Å². The van der Waals surface area contributed by atoms with E-state index in [0.29, 0.717) is 6.04 Å². The summed E-state index contributed by atoms with van der Waals surface area (Å²) >= 11 is 1.89. The van der Waals surface area contributed by atoms with Crippen molar-refractivity contribution in [1.82, 2.24) is 10.3 Å². The third kappa shape index (κ3) is 2.95. The predicted molar refractivity (Wildman–Crippen MR) is 84.2 cm³/mol. The zero-order chi connectivity index (χ0) is 14.0. The molecule has 1 unspecified atom stereocenters. The number of thiazole rings is 1. The lowest BCUT2D eigenvalue weighted by Crippen LogP contribution is -2.40. The van der Waals surface area contributed by atoms with Crippen molar-refractivity contribution in [2.24, 2.45) is 0 Å². The predicted octanol–water partition coefficient (Wildman–Crippen LogP) is 3.75. The maximum absolute atomic E-state index is 4.95. The molecule has 1 heterocycles. The van der Waals surface area contributed by atoms with Crippen LogP contribution >= 0.6 is 11.3 Å². The fourth-order valence-corrected chi connectivity index (χ4v) is 3.78. The number of hydrogen-bond acceptors (Lipinski definition) is 4. The van der Waals surface area contributed by atoms with Crippen molar-refractivity contribution in [3.05, 3.63) is 10.6 Å². The van der Waals surface area contributed by atoms with E-state index in [2.05, 4.69) is 45.0 Å². The first-order valence-corrected chi connectivity index (χ1v) is 8.28. The number of aryl methyl sites for hydroxylation is 1. The second-order valence-corrected chi connectivity index (χ2v) is 7.09. The SMILES string of the molecule is CCNC1CCCc2sc(N(C)C(C)(C)CC)nc21. The zero-order valence-corrected chi connectivity index (χ0v) is 13.7. The Morgan fingerprint density at radius 2 is 2.16 bits per heavy atom. The third-order valence-electron chi connectivity index (χ3n) is 4.45. The molecule has 0 saturated carbocycles. The van der Waals surface area contributed by atoms with Crippen LogP contribution in [0.4, 0.5) is 5.13 Å². The number of hydrogen-bond donors (Lipinski definition) is 1. The van der Waals surface area contributed by atoms with Gasteiger partial charge in [0.2, 0.25) is 0 Å². The molecule has 1 aromatic heterocycles. The Morgan fingerprint density at radius 1 is 1.42 bits per heavy atom. The molecule has 0 amide bonds. The molecule has 1 atom stereocenters. The lowest BCUT2D eigenvalue weighted by Gasteiger charge is -2.34. The molecule has 0 aromatic carbocycles. The minimum atomic E-state index is 0.175. The lowest BCUT2D eigenvalue weighted by atomic mass is 9.97. The number of anilines is 1. The van der Waals surface area contributed by atoms with E-state index in [1.807, 2.05) is 11.3 Å². The maximum atomic E-state index is 4.95. The molecule has 0 aliphatic heterocycles. The van der Waals surface area contributed by atoms with Gasteiger partial charge in [-0.3, -0.25) is 0 Å². The van der Waals surface area contributed by atoms with Crippen molar-refractivity contribution in [3.8, 4) is 0 Å². The summed E-state index contributed by atoms with van der Waals surface area (Å²) in [6.07, 6.45) is 4.84. The van der Waals surface area contributed by atoms with E-state index >= 15 is 0 Å². The topological polar surface area (TPSA) is 28.2 Å². The van der Waals surface area contributed by atoms with E-state index in [1.165, 1.54) is 35.0 Å². The molecule has 1 aromatic rings. The van der Waals surface area contributed by atoms with Crippen molar-refractivity contribution in [2.45, 2.75) is 65.0 Å². The normalized spacial score (nSPS) is 19.3. The Hall–Kier alpha value is -0.610. The number of nitrogens with zero attached hydrogens (tertiary/aromatic N) is 2. The first-order chi connectivity index (χ1) is 8.99. The van der Waals surface area contributed by atoms with Crippen molar-refractivity contribution in [3.63, 3.8) is 0 Å². The van der Waals surface area contributed by atoms with Crippen LogP contribution in [0.5, 0.6) is 0 Å². The van der Waals surface area contributed by atoms with E-state index in [-0.39, 0.29) is 5.54 Å². The van der Waals surface area contributed by atoms with Crippen LogP contribution in [0.25, 0.3) is 0 Å². The van der Waals surface area contributed by atoms with Gasteiger partial charge < -0.3 is 10.2 Å². The number of nitrogens with one attached hydrogen (secondary N) is 1. The molecule has 2 rings (SSSR count). The summed E-state index contributed by atoms with van der Waals surface area (Å²) in [5.74, 6) is 0. The summed E-state index contributed by atoms with van der Waals surface area (Å²) in [7, 11) is 2.18. The second-order valence-electron chi connectivity index (χ2n) is 6.03. The van der Waals surface area contributed by atoms with Crippen LogP contribution in [-0.4, -0.2) is 24.1 Å². The molecule has 108 valence electrons. The smallest absolute Gasteiger partial charge is 0.186 e. The van der Waals surface area contributed by atoms with Crippen LogP contribution in [0.15, 0.2) is 0 Å². The van der Waals surface area contributed by atoms with Crippen molar-refractivity contribution < 1.29 is 0 Å². The van der Waals surface area contributed by atoms with Gasteiger partial charge in [-0.15, -0.1) is 11.3 Å². The quantitative estimate of drug-likeness (QED) is 0.891. The summed E-state index contributed by atoms with van der Waals surface area (Å²) in [4.78, 5) is 8.78. The van der Waals surface area contributed by atoms with Crippen LogP contribution in [0.2, 0.25) is 0 Å². The molecule has 0 radical (unpaired) electrons. The summed E-state index contributed by atoms with van der Waals surface area (Å²) < 4.78 is 0. The fourth-order valence-electron chi connectivity index (χ4n) is 2.49. The average Bonchev–Trinajstić information content (AvgIpc) is 2.83. The molecule has 1 N–H and O–H groups in total. The highest BCUT2D eigenvalue weighted by molar-refractivity contribution is 7.15. The summed E-state index contributed by atoms with van der Waals surface area (Å²) in [6, 6.07) is 0.469. The van der Waals surface area contributed by atoms with Gasteiger partial charge in [-0.2, -0.15) is 0 Å². The number of fused-ring (bicyclic) bond motifs is 1. The molecule has 3 nitrogen and oxygen atoms in total. The Bertz CT molecular complexity index is 425. The van der Waals surface area contributed by atoms with Crippen molar-refractivity contribution >= 4 is 16.5 Å². The van der Waals surface area contributed by atoms with Crippen LogP contribution in [0.3, 0.4) is 0 Å². The van der Waals surface area contributed by atoms with Gasteiger partial charge in [0, 0.05) is 17.5 Å². The molecule has 1 aliphatic carbocycles. The minimum absolute atomic E-state index is 0.175. The number of aromatic nitrogens is 1. The molecule has 19 heavy (non-hydrogen) atoms. The lowest BCUT2D eigenvalue weighted by molar-refractivity contribution is 0.457. The molecular formula is C15H27N3S. The highest BCUT2D eigenvalue weighted by atomic mass is 32.1. The molecule has 0 spiro atoms. The van der Waals surface area contributed by atoms with Crippen molar-refractivity contribution in [1.29, 1.82) is 0 Å². The highest BCUT2D eigenvalue weighted by Crippen LogP contribution is 2.38. The first-order valence-electron chi connectivity index (χ1n) is 7.46. The highest BCUT2D eigenvalue weighted by Gasteiger charge is 2.28. The van der Waals surface area contributed by atoms with Gasteiger partial charge in [-0.25, -0.2) is 4.98 Å². The van der Waals surface area contributed by atoms with Gasteiger partial charge in [0.05, 0.1) is 11.7 Å². The standard InChI is InChI=1S/C15H27N3S/c1-6-15(3,4)18(5)14-17-13-11(16-7-2)9-8-10-12(13)19-14/h11,16H,6-10H2,1-5H3. The Labute approximate surface area is 121 Å². The van der Waals surface area contributed by atoms with Gasteiger partial charge in [0.1, 0.15) is 0 Å². The Morgan fingerprint density at radius 3 is 2.79 bits per heavy atom. The van der Waals surface area contributed by atoms with E-state index in [1.54, 1.807) is 0 Å². The molecule has 4 heteroatoms. The Kier molecular flexibility index (Phi) is 4.51. The van der Waals surface area contributed by atoms with Crippen LogP contribution in [-0.2, 0) is 6.42 Å². The monoisotopic (exact) mass is 281 g/mol. The van der Waals surface area contributed by atoms with Gasteiger partial charge in [-0.1, -0.05) is 13.8 Å². The van der Waals surface area contributed by atoms with Gasteiger partial charge >= 0.3 is 0 Å². The largest absolute Gasteiger partial charge is 0.346 e. The molecule has 0 saturated heterocycles. The van der Waals surface area contributed by atoms with Crippen LogP contribution in [0.1, 0.15) is 63.6 Å². The molecule has 0 bridgehead atoms. The molecule has 0 fully saturated rings. The van der Waals surface area contributed by atoms with Crippen LogP contribution in [0, 0.1) is 0 Å². The minimum Gasteiger partial charge on any atom is -0.346 e. The zero-order valence-electron chi connectivity index (χ0n) is 12.9. The van der Waals surface area contributed by atoms with Crippen LogP contribution < -0.4 is 10.2 Å². The molecule has 1 aliphatic rings. The third-order valence-corrected chi connectivity index (χ3v) is 5.66. The second kappa shape index (κ2) is 5.80. The van der Waals surface area contributed by atoms with E-state index in [0.717, 1.165) is 13.0 Å². The molecular weight excluding hydrogens is 254 g/mol.